The van der Waals surface area contributed by atoms with Crippen LogP contribution >= 0.6 is 15.9 Å². The van der Waals surface area contributed by atoms with E-state index in [1.165, 1.54) is 0 Å². The summed E-state index contributed by atoms with van der Waals surface area (Å²) in [7, 11) is 0. The lowest BCUT2D eigenvalue weighted by atomic mass is 10.00. The molecular formula is C14H17BrN2O. The third-order valence-electron chi connectivity index (χ3n) is 3.16. The lowest BCUT2D eigenvalue weighted by molar-refractivity contribution is 0.164. The number of halogens is 1. The highest BCUT2D eigenvalue weighted by Gasteiger charge is 2.18. The molecule has 1 unspecified atom stereocenters. The molecule has 0 aliphatic carbocycles. The number of benzene rings is 1. The molecule has 0 saturated carbocycles. The number of ether oxygens (including phenoxy) is 1. The lowest BCUT2D eigenvalue weighted by Crippen LogP contribution is -2.37. The van der Waals surface area contributed by atoms with Crippen LogP contribution in [-0.2, 0) is 0 Å². The summed E-state index contributed by atoms with van der Waals surface area (Å²) in [6, 6.07) is 10.2. The average Bonchev–Trinajstić information content (AvgIpc) is 2.39. The first-order valence-corrected chi connectivity index (χ1v) is 7.07. The molecule has 1 saturated heterocycles. The van der Waals surface area contributed by atoms with Crippen molar-refractivity contribution in [2.24, 2.45) is 5.92 Å². The van der Waals surface area contributed by atoms with E-state index in [0.717, 1.165) is 42.7 Å². The second-order valence-corrected chi connectivity index (χ2v) is 5.49. The van der Waals surface area contributed by atoms with Crippen LogP contribution in [0.2, 0.25) is 0 Å². The van der Waals surface area contributed by atoms with Gasteiger partial charge in [-0.1, -0.05) is 22.0 Å². The van der Waals surface area contributed by atoms with Crippen LogP contribution in [0.15, 0.2) is 28.7 Å². The van der Waals surface area contributed by atoms with Gasteiger partial charge < -0.3 is 4.74 Å². The number of rotatable bonds is 4. The Morgan fingerprint density at radius 3 is 3.17 bits per heavy atom. The standard InChI is InChI=1S/C14H17BrN2O/c15-13-4-1-5-14(9-13)18-8-7-17-6-2-3-12(10-16)11-17/h1,4-5,9,12H,2-3,6-8,11H2. The van der Waals surface area contributed by atoms with Gasteiger partial charge in [-0.05, 0) is 37.6 Å². The Hall–Kier alpha value is -1.05. The van der Waals surface area contributed by atoms with Crippen LogP contribution in [0.4, 0.5) is 0 Å². The number of hydrogen-bond donors (Lipinski definition) is 0. The van der Waals surface area contributed by atoms with Crippen molar-refractivity contribution < 1.29 is 4.74 Å². The molecule has 2 rings (SSSR count). The van der Waals surface area contributed by atoms with Crippen LogP contribution in [0.3, 0.4) is 0 Å². The smallest absolute Gasteiger partial charge is 0.120 e. The number of nitriles is 1. The minimum Gasteiger partial charge on any atom is -0.492 e. The number of piperidine rings is 1. The van der Waals surface area contributed by atoms with E-state index in [2.05, 4.69) is 26.9 Å². The van der Waals surface area contributed by atoms with Crippen molar-refractivity contribution in [2.45, 2.75) is 12.8 Å². The molecule has 0 spiro atoms. The van der Waals surface area contributed by atoms with Gasteiger partial charge in [-0.3, -0.25) is 4.90 Å². The van der Waals surface area contributed by atoms with Gasteiger partial charge in [-0.2, -0.15) is 5.26 Å². The predicted octanol–water partition coefficient (Wildman–Crippen LogP) is 3.06. The van der Waals surface area contributed by atoms with Gasteiger partial charge in [0.15, 0.2) is 0 Å². The monoisotopic (exact) mass is 308 g/mol. The summed E-state index contributed by atoms with van der Waals surface area (Å²) < 4.78 is 6.73. The van der Waals surface area contributed by atoms with Crippen molar-refractivity contribution in [1.82, 2.24) is 4.90 Å². The van der Waals surface area contributed by atoms with E-state index in [9.17, 15) is 0 Å². The molecular weight excluding hydrogens is 292 g/mol. The van der Waals surface area contributed by atoms with Gasteiger partial charge in [0, 0.05) is 17.6 Å². The van der Waals surface area contributed by atoms with E-state index in [1.807, 2.05) is 24.3 Å². The molecule has 1 fully saturated rings. The van der Waals surface area contributed by atoms with E-state index in [1.54, 1.807) is 0 Å². The van der Waals surface area contributed by atoms with Crippen molar-refractivity contribution in [2.75, 3.05) is 26.2 Å². The van der Waals surface area contributed by atoms with Gasteiger partial charge >= 0.3 is 0 Å². The Kier molecular flexibility index (Phi) is 5.03. The van der Waals surface area contributed by atoms with Crippen LogP contribution in [0.25, 0.3) is 0 Å². The zero-order chi connectivity index (χ0) is 12.8. The van der Waals surface area contributed by atoms with Crippen LogP contribution in [0.1, 0.15) is 12.8 Å². The van der Waals surface area contributed by atoms with E-state index in [4.69, 9.17) is 10.00 Å². The highest BCUT2D eigenvalue weighted by atomic mass is 79.9. The van der Waals surface area contributed by atoms with Gasteiger partial charge in [-0.25, -0.2) is 0 Å². The fourth-order valence-electron chi connectivity index (χ4n) is 2.21. The highest BCUT2D eigenvalue weighted by molar-refractivity contribution is 9.10. The number of nitrogens with zero attached hydrogens (tertiary/aromatic N) is 2. The molecule has 0 amide bonds. The second kappa shape index (κ2) is 6.77. The third-order valence-corrected chi connectivity index (χ3v) is 3.65. The maximum atomic E-state index is 8.93. The van der Waals surface area contributed by atoms with Crippen LogP contribution in [0.5, 0.6) is 5.75 Å². The predicted molar refractivity (Wildman–Crippen MR) is 74.4 cm³/mol. The summed E-state index contributed by atoms with van der Waals surface area (Å²) in [5.41, 5.74) is 0. The topological polar surface area (TPSA) is 36.3 Å². The first-order valence-electron chi connectivity index (χ1n) is 6.28. The summed E-state index contributed by atoms with van der Waals surface area (Å²) in [6.45, 7) is 3.54. The molecule has 0 bridgehead atoms. The minimum absolute atomic E-state index is 0.199. The van der Waals surface area contributed by atoms with Crippen molar-refractivity contribution >= 4 is 15.9 Å². The molecule has 18 heavy (non-hydrogen) atoms. The third kappa shape index (κ3) is 4.01. The fraction of sp³-hybridized carbons (Fsp3) is 0.500. The van der Waals surface area contributed by atoms with E-state index in [-0.39, 0.29) is 5.92 Å². The molecule has 3 nitrogen and oxygen atoms in total. The molecule has 1 atom stereocenters. The number of likely N-dealkylation sites (tertiary alicyclic amines) is 1. The zero-order valence-corrected chi connectivity index (χ0v) is 11.9. The largest absolute Gasteiger partial charge is 0.492 e. The lowest BCUT2D eigenvalue weighted by Gasteiger charge is -2.29. The van der Waals surface area contributed by atoms with E-state index >= 15 is 0 Å². The first-order chi connectivity index (χ1) is 8.78. The summed E-state index contributed by atoms with van der Waals surface area (Å²) in [5.74, 6) is 1.09. The van der Waals surface area contributed by atoms with Gasteiger partial charge in [0.05, 0.1) is 12.0 Å². The Morgan fingerprint density at radius 2 is 2.39 bits per heavy atom. The Balaban J connectivity index is 1.74. The maximum Gasteiger partial charge on any atom is 0.120 e. The maximum absolute atomic E-state index is 8.93. The molecule has 1 aliphatic heterocycles. The summed E-state index contributed by atoms with van der Waals surface area (Å²) in [4.78, 5) is 2.31. The number of hydrogen-bond acceptors (Lipinski definition) is 3. The molecule has 4 heteroatoms. The van der Waals surface area contributed by atoms with Gasteiger partial charge in [0.2, 0.25) is 0 Å². The fourth-order valence-corrected chi connectivity index (χ4v) is 2.59. The molecule has 0 N–H and O–H groups in total. The zero-order valence-electron chi connectivity index (χ0n) is 10.3. The molecule has 1 heterocycles. The molecule has 96 valence electrons. The summed E-state index contributed by atoms with van der Waals surface area (Å²) in [5, 5.41) is 8.93. The molecule has 1 aliphatic rings. The van der Waals surface area contributed by atoms with Crippen LogP contribution in [0, 0.1) is 17.2 Å². The summed E-state index contributed by atoms with van der Waals surface area (Å²) >= 11 is 3.42. The molecule has 0 aromatic heterocycles. The summed E-state index contributed by atoms with van der Waals surface area (Å²) in [6.07, 6.45) is 2.16. The second-order valence-electron chi connectivity index (χ2n) is 4.57. The highest BCUT2D eigenvalue weighted by Crippen LogP contribution is 2.18. The van der Waals surface area contributed by atoms with Crippen molar-refractivity contribution in [3.05, 3.63) is 28.7 Å². The normalized spacial score (nSPS) is 20.3. The minimum atomic E-state index is 0.199. The van der Waals surface area contributed by atoms with Gasteiger partial charge in [-0.15, -0.1) is 0 Å². The first kappa shape index (κ1) is 13.4. The van der Waals surface area contributed by atoms with E-state index in [0.29, 0.717) is 6.61 Å². The van der Waals surface area contributed by atoms with Crippen molar-refractivity contribution in [3.8, 4) is 11.8 Å². The van der Waals surface area contributed by atoms with Gasteiger partial charge in [0.1, 0.15) is 12.4 Å². The van der Waals surface area contributed by atoms with Crippen LogP contribution < -0.4 is 4.74 Å². The van der Waals surface area contributed by atoms with Gasteiger partial charge in [0.25, 0.3) is 0 Å². The van der Waals surface area contributed by atoms with Crippen molar-refractivity contribution in [3.63, 3.8) is 0 Å². The Morgan fingerprint density at radius 1 is 1.50 bits per heavy atom. The molecule has 0 radical (unpaired) electrons. The molecule has 1 aromatic rings. The van der Waals surface area contributed by atoms with Crippen LogP contribution in [-0.4, -0.2) is 31.1 Å². The van der Waals surface area contributed by atoms with Crippen molar-refractivity contribution in [1.29, 1.82) is 5.26 Å². The Bertz CT molecular complexity index is 430. The Labute approximate surface area is 116 Å². The molecule has 1 aromatic carbocycles. The van der Waals surface area contributed by atoms with E-state index < -0.39 is 0 Å². The quantitative estimate of drug-likeness (QED) is 0.857. The average molecular weight is 309 g/mol. The SMILES string of the molecule is N#CC1CCCN(CCOc2cccc(Br)c2)C1.